The molecular weight excluding hydrogens is 156 g/mol. The van der Waals surface area contributed by atoms with Gasteiger partial charge in [-0.15, -0.1) is 0 Å². The van der Waals surface area contributed by atoms with E-state index in [1.54, 1.807) is 6.92 Å². The van der Waals surface area contributed by atoms with Crippen molar-refractivity contribution in [3.05, 3.63) is 17.5 Å². The van der Waals surface area contributed by atoms with Crippen LogP contribution in [-0.4, -0.2) is 23.2 Å². The Labute approximate surface area is 78.0 Å². The van der Waals surface area contributed by atoms with E-state index in [1.165, 1.54) is 0 Å². The molecule has 4 nitrogen and oxygen atoms in total. The van der Waals surface area contributed by atoms with E-state index in [0.717, 1.165) is 6.07 Å². The Morgan fingerprint density at radius 1 is 2.00 bits per heavy atom. The number of hydrogen-bond donors (Lipinski definition) is 1. The Morgan fingerprint density at radius 3 is 3.50 bits per heavy atom. The van der Waals surface area contributed by atoms with E-state index < -0.39 is 19.4 Å². The molecule has 0 radical (unpaired) electrons. The van der Waals surface area contributed by atoms with Gasteiger partial charge in [-0.25, -0.2) is 4.79 Å². The molecule has 66 valence electrons. The van der Waals surface area contributed by atoms with E-state index >= 15 is 0 Å². The highest BCUT2D eigenvalue weighted by molar-refractivity contribution is 5.87. The van der Waals surface area contributed by atoms with Gasteiger partial charge in [-0.05, 0) is 12.4 Å². The van der Waals surface area contributed by atoms with Crippen molar-refractivity contribution in [3.63, 3.8) is 0 Å². The molecule has 4 heteroatoms. The molecule has 1 N–H and O–H groups in total. The van der Waals surface area contributed by atoms with Crippen molar-refractivity contribution >= 4 is 5.97 Å². The average molecular weight is 173 g/mol. The average Bonchev–Trinajstić information content (AvgIpc) is 2.64. The molecule has 0 atom stereocenters. The third-order valence-electron chi connectivity index (χ3n) is 1.25. The number of esters is 1. The molecule has 0 aromatic carbocycles. The van der Waals surface area contributed by atoms with Crippen LogP contribution in [0.25, 0.3) is 0 Å². The predicted molar refractivity (Wildman–Crippen MR) is 43.9 cm³/mol. The van der Waals surface area contributed by atoms with Crippen LogP contribution in [-0.2, 0) is 11.1 Å². The molecular formula is C8H12N2O2. The molecule has 0 saturated heterocycles. The Balaban J connectivity index is 2.85. The van der Waals surface area contributed by atoms with Gasteiger partial charge < -0.3 is 4.74 Å². The fourth-order valence-corrected chi connectivity index (χ4v) is 0.760. The van der Waals surface area contributed by atoms with Crippen molar-refractivity contribution in [3.8, 4) is 0 Å². The topological polar surface area (TPSA) is 55.0 Å². The first-order chi connectivity index (χ1) is 7.65. The number of nitrogens with one attached hydrogen (secondary N) is 1. The van der Waals surface area contributed by atoms with Gasteiger partial charge in [0.25, 0.3) is 0 Å². The number of ether oxygens (including phenoxy) is 1. The van der Waals surface area contributed by atoms with Crippen molar-refractivity contribution in [2.75, 3.05) is 7.04 Å². The lowest BCUT2D eigenvalue weighted by Gasteiger charge is -1.90. The van der Waals surface area contributed by atoms with Gasteiger partial charge >= 0.3 is 5.97 Å². The third kappa shape index (κ3) is 1.84. The molecule has 0 fully saturated rings. The van der Waals surface area contributed by atoms with Crippen LogP contribution < -0.4 is 0 Å². The molecule has 0 saturated carbocycles. The molecule has 0 aliphatic heterocycles. The third-order valence-corrected chi connectivity index (χ3v) is 1.25. The van der Waals surface area contributed by atoms with Crippen LogP contribution in [0.5, 0.6) is 0 Å². The second-order valence-electron chi connectivity index (χ2n) is 2.09. The molecule has 1 rings (SSSR count). The normalized spacial score (nSPS) is 18.2. The van der Waals surface area contributed by atoms with Crippen LogP contribution >= 0.6 is 0 Å². The maximum absolute atomic E-state index is 11.3. The second kappa shape index (κ2) is 3.90. The molecule has 0 amide bonds. The van der Waals surface area contributed by atoms with Crippen LogP contribution in [0, 0.1) is 0 Å². The zero-order valence-corrected chi connectivity index (χ0v) is 6.55. The molecule has 0 aliphatic carbocycles. The number of nitrogens with zero attached hydrogens (tertiary/aromatic N) is 1. The number of aryl methyl sites for hydroxylation is 1. The summed E-state index contributed by atoms with van der Waals surface area (Å²) in [6.45, 7) is 1.64. The maximum Gasteiger partial charge on any atom is 0.358 e. The van der Waals surface area contributed by atoms with Crippen molar-refractivity contribution in [1.82, 2.24) is 10.2 Å². The summed E-state index contributed by atoms with van der Waals surface area (Å²) < 4.78 is 39.6. The highest BCUT2D eigenvalue weighted by atomic mass is 16.5. The van der Waals surface area contributed by atoms with E-state index in [2.05, 4.69) is 14.9 Å². The van der Waals surface area contributed by atoms with Gasteiger partial charge in [0, 0.05) is 8.44 Å². The number of aromatic nitrogens is 2. The number of rotatable bonds is 3. The highest BCUT2D eigenvalue weighted by Crippen LogP contribution is 2.03. The molecule has 0 spiro atoms. The molecule has 0 unspecified atom stereocenters. The summed E-state index contributed by atoms with van der Waals surface area (Å²) in [4.78, 5) is 11.3. The maximum atomic E-state index is 11.3. The fraction of sp³-hybridized carbons (Fsp3) is 0.500. The number of carbonyl (C=O) groups is 1. The summed E-state index contributed by atoms with van der Waals surface area (Å²) >= 11 is 0. The van der Waals surface area contributed by atoms with Gasteiger partial charge in [0.2, 0.25) is 0 Å². The van der Waals surface area contributed by atoms with Gasteiger partial charge in [-0.2, -0.15) is 5.10 Å². The molecule has 12 heavy (non-hydrogen) atoms. The minimum atomic E-state index is -2.83. The molecule has 1 heterocycles. The predicted octanol–water partition coefficient (Wildman–Crippen LogP) is 1.15. The Kier molecular flexibility index (Phi) is 1.32. The first-order valence-corrected chi connectivity index (χ1v) is 3.45. The van der Waals surface area contributed by atoms with Crippen LogP contribution in [0.3, 0.4) is 0 Å². The van der Waals surface area contributed by atoms with E-state index in [-0.39, 0.29) is 17.8 Å². The lowest BCUT2D eigenvalue weighted by atomic mass is 10.2. The first kappa shape index (κ1) is 4.07. The van der Waals surface area contributed by atoms with Crippen LogP contribution in [0.1, 0.15) is 36.4 Å². The van der Waals surface area contributed by atoms with E-state index in [9.17, 15) is 4.79 Å². The summed E-state index contributed by atoms with van der Waals surface area (Å²) in [5.41, 5.74) is -0.147. The second-order valence-corrected chi connectivity index (χ2v) is 2.09. The summed E-state index contributed by atoms with van der Waals surface area (Å²) in [6.07, 6.45) is -1.45. The van der Waals surface area contributed by atoms with Crippen molar-refractivity contribution in [2.24, 2.45) is 0 Å². The monoisotopic (exact) mass is 173 g/mol. The summed E-state index contributed by atoms with van der Waals surface area (Å²) in [5.74, 6) is -1.11. The number of methoxy groups -OCH3 is 1. The van der Waals surface area contributed by atoms with Gasteiger partial charge in [-0.3, -0.25) is 5.10 Å². The first-order valence-electron chi connectivity index (χ1n) is 5.95. The Bertz CT molecular complexity index is 412. The lowest BCUT2D eigenvalue weighted by molar-refractivity contribution is 0.0594. The zero-order chi connectivity index (χ0) is 13.3. The SMILES string of the molecule is [2H]C([2H])([2H])OC(=O)c1cc(C([2H])([2H])CC)[nH]n1. The minimum absolute atomic E-state index is 0.109. The van der Waals surface area contributed by atoms with Crippen LogP contribution in [0.15, 0.2) is 6.07 Å². The highest BCUT2D eigenvalue weighted by Gasteiger charge is 2.08. The molecule has 1 aromatic heterocycles. The zero-order valence-electron chi connectivity index (χ0n) is 11.5. The molecule has 0 aliphatic rings. The van der Waals surface area contributed by atoms with Crippen LogP contribution in [0.4, 0.5) is 0 Å². The van der Waals surface area contributed by atoms with E-state index in [1.807, 2.05) is 0 Å². The smallest absolute Gasteiger partial charge is 0.358 e. The van der Waals surface area contributed by atoms with Crippen molar-refractivity contribution in [1.29, 1.82) is 0 Å². The largest absolute Gasteiger partial charge is 0.464 e. The Morgan fingerprint density at radius 2 is 2.83 bits per heavy atom. The number of aromatic amines is 1. The summed E-state index contributed by atoms with van der Waals surface area (Å²) in [6, 6.07) is 1.15. The Hall–Kier alpha value is -1.32. The van der Waals surface area contributed by atoms with Gasteiger partial charge in [-0.1, -0.05) is 13.3 Å². The van der Waals surface area contributed by atoms with Gasteiger partial charge in [0.15, 0.2) is 5.69 Å². The summed E-state index contributed by atoms with van der Waals surface area (Å²) in [7, 11) is -2.83. The van der Waals surface area contributed by atoms with Crippen molar-refractivity contribution in [2.45, 2.75) is 19.7 Å². The number of carbonyl (C=O) groups excluding carboxylic acids is 1. The minimum Gasteiger partial charge on any atom is -0.464 e. The quantitative estimate of drug-likeness (QED) is 0.697. The lowest BCUT2D eigenvalue weighted by Crippen LogP contribution is -2.00. The van der Waals surface area contributed by atoms with E-state index in [0.29, 0.717) is 0 Å². The van der Waals surface area contributed by atoms with Crippen molar-refractivity contribution < 1.29 is 16.4 Å². The number of H-pyrrole nitrogens is 1. The van der Waals surface area contributed by atoms with Gasteiger partial charge in [0.05, 0.1) is 11.2 Å². The standard InChI is InChI=1S/C8H12N2O2/c1-3-4-6-5-7(10-9-6)8(11)12-2/h5H,3-4H2,1-2H3,(H,9,10)/i2D3,4D2. The van der Waals surface area contributed by atoms with Gasteiger partial charge in [0.1, 0.15) is 0 Å². The number of hydrogen-bond acceptors (Lipinski definition) is 3. The van der Waals surface area contributed by atoms with E-state index in [4.69, 9.17) is 6.85 Å². The fourth-order valence-electron chi connectivity index (χ4n) is 0.760. The van der Waals surface area contributed by atoms with Crippen LogP contribution in [0.2, 0.25) is 0 Å². The molecule has 0 bridgehead atoms. The molecule has 1 aromatic rings. The summed E-state index contributed by atoms with van der Waals surface area (Å²) in [5, 5.41) is 5.88.